The molecule has 0 unspecified atom stereocenters. The molecule has 0 radical (unpaired) electrons. The van der Waals surface area contributed by atoms with E-state index in [2.05, 4.69) is 16.0 Å². The van der Waals surface area contributed by atoms with Crippen LogP contribution in [-0.2, 0) is 11.3 Å². The van der Waals surface area contributed by atoms with Crippen LogP contribution in [0.3, 0.4) is 0 Å². The minimum atomic E-state index is -0.798. The summed E-state index contributed by atoms with van der Waals surface area (Å²) in [6, 6.07) is 6.03. The van der Waals surface area contributed by atoms with Crippen molar-refractivity contribution in [3.8, 4) is 0 Å². The van der Waals surface area contributed by atoms with Crippen molar-refractivity contribution in [1.29, 1.82) is 0 Å². The van der Waals surface area contributed by atoms with E-state index in [4.69, 9.17) is 5.11 Å². The van der Waals surface area contributed by atoms with Gasteiger partial charge in [0.25, 0.3) is 5.91 Å². The smallest absolute Gasteiger partial charge is 0.303 e. The van der Waals surface area contributed by atoms with Crippen molar-refractivity contribution >= 4 is 23.2 Å². The Morgan fingerprint density at radius 1 is 1.30 bits per heavy atom. The summed E-state index contributed by atoms with van der Waals surface area (Å²) in [5.41, 5.74) is 2.71. The number of unbranched alkanes of at least 4 members (excludes halogenated alkanes) is 1. The van der Waals surface area contributed by atoms with Crippen molar-refractivity contribution in [3.63, 3.8) is 0 Å². The number of carboxylic acids is 1. The highest BCUT2D eigenvalue weighted by Crippen LogP contribution is 2.19. The highest BCUT2D eigenvalue weighted by Gasteiger charge is 2.15. The molecule has 0 aliphatic carbocycles. The Morgan fingerprint density at radius 3 is 2.74 bits per heavy atom. The highest BCUT2D eigenvalue weighted by atomic mass is 32.1. The summed E-state index contributed by atoms with van der Waals surface area (Å²) in [5, 5.41) is 13.5. The lowest BCUT2D eigenvalue weighted by atomic mass is 10.2. The number of carbonyl (C=O) groups excluding carboxylic acids is 1. The monoisotopic (exact) mass is 334 g/mol. The molecule has 5 nitrogen and oxygen atoms in total. The van der Waals surface area contributed by atoms with Crippen LogP contribution in [0, 0.1) is 13.8 Å². The number of carboxylic acid groups (broad SMARTS) is 1. The number of hydrogen-bond acceptors (Lipinski definition) is 3. The lowest BCUT2D eigenvalue weighted by Gasteiger charge is -2.09. The zero-order chi connectivity index (χ0) is 16.8. The molecule has 0 bridgehead atoms. The summed E-state index contributed by atoms with van der Waals surface area (Å²) in [5.74, 6) is -0.890. The molecule has 0 saturated carbocycles. The van der Waals surface area contributed by atoms with Crippen LogP contribution in [0.4, 0.5) is 0 Å². The van der Waals surface area contributed by atoms with Crippen molar-refractivity contribution in [3.05, 3.63) is 45.4 Å². The molecule has 0 atom stereocenters. The van der Waals surface area contributed by atoms with Gasteiger partial charge in [0, 0.05) is 29.2 Å². The van der Waals surface area contributed by atoms with Crippen molar-refractivity contribution in [2.24, 2.45) is 0 Å². The fourth-order valence-electron chi connectivity index (χ4n) is 2.53. The van der Waals surface area contributed by atoms with Gasteiger partial charge in [0.1, 0.15) is 0 Å². The average Bonchev–Trinajstić information content (AvgIpc) is 3.10. The molecule has 2 aromatic rings. The van der Waals surface area contributed by atoms with Gasteiger partial charge in [-0.1, -0.05) is 6.07 Å². The molecule has 23 heavy (non-hydrogen) atoms. The molecule has 0 aromatic carbocycles. The summed E-state index contributed by atoms with van der Waals surface area (Å²) in [7, 11) is 0. The lowest BCUT2D eigenvalue weighted by Crippen LogP contribution is -2.25. The second-order valence-electron chi connectivity index (χ2n) is 5.56. The fraction of sp³-hybridized carbons (Fsp3) is 0.412. The third kappa shape index (κ3) is 4.69. The SMILES string of the molecule is Cc1cc(C(=O)NCCCCC(=O)O)c(C)n1Cc1cccs1. The molecular weight excluding hydrogens is 312 g/mol. The first kappa shape index (κ1) is 17.3. The minimum absolute atomic E-state index is 0.0918. The van der Waals surface area contributed by atoms with Gasteiger partial charge in [-0.3, -0.25) is 9.59 Å². The number of thiophene rings is 1. The van der Waals surface area contributed by atoms with E-state index in [9.17, 15) is 9.59 Å². The number of aryl methyl sites for hydroxylation is 1. The van der Waals surface area contributed by atoms with Gasteiger partial charge in [0.15, 0.2) is 0 Å². The van der Waals surface area contributed by atoms with Crippen LogP contribution in [0.5, 0.6) is 0 Å². The number of nitrogens with zero attached hydrogens (tertiary/aromatic N) is 1. The van der Waals surface area contributed by atoms with E-state index in [1.807, 2.05) is 31.4 Å². The quantitative estimate of drug-likeness (QED) is 0.728. The Morgan fingerprint density at radius 2 is 2.09 bits per heavy atom. The first-order valence-electron chi connectivity index (χ1n) is 7.68. The van der Waals surface area contributed by atoms with Gasteiger partial charge >= 0.3 is 5.97 Å². The summed E-state index contributed by atoms with van der Waals surface area (Å²) in [4.78, 5) is 24.0. The predicted molar refractivity (Wildman–Crippen MR) is 91.1 cm³/mol. The number of aromatic nitrogens is 1. The van der Waals surface area contributed by atoms with E-state index < -0.39 is 5.97 Å². The Kier molecular flexibility index (Phi) is 5.98. The molecule has 0 aliphatic rings. The van der Waals surface area contributed by atoms with Gasteiger partial charge in [-0.25, -0.2) is 0 Å². The third-order valence-corrected chi connectivity index (χ3v) is 4.68. The number of carbonyl (C=O) groups is 2. The van der Waals surface area contributed by atoms with Crippen LogP contribution in [-0.4, -0.2) is 28.1 Å². The maximum absolute atomic E-state index is 12.3. The van der Waals surface area contributed by atoms with E-state index in [-0.39, 0.29) is 12.3 Å². The van der Waals surface area contributed by atoms with Crippen LogP contribution < -0.4 is 5.32 Å². The van der Waals surface area contributed by atoms with Crippen molar-refractivity contribution in [1.82, 2.24) is 9.88 Å². The lowest BCUT2D eigenvalue weighted by molar-refractivity contribution is -0.137. The fourth-order valence-corrected chi connectivity index (χ4v) is 3.22. The van der Waals surface area contributed by atoms with Crippen molar-refractivity contribution in [2.45, 2.75) is 39.7 Å². The van der Waals surface area contributed by atoms with E-state index in [1.165, 1.54) is 4.88 Å². The topological polar surface area (TPSA) is 71.3 Å². The van der Waals surface area contributed by atoms with Gasteiger partial charge in [-0.2, -0.15) is 0 Å². The van der Waals surface area contributed by atoms with E-state index in [0.29, 0.717) is 24.9 Å². The van der Waals surface area contributed by atoms with Crippen LogP contribution in [0.2, 0.25) is 0 Å². The first-order chi connectivity index (χ1) is 11.0. The standard InChI is InChI=1S/C17H22N2O3S/c1-12-10-15(17(22)18-8-4-3-7-16(20)21)13(2)19(12)11-14-6-5-9-23-14/h5-6,9-10H,3-4,7-8,11H2,1-2H3,(H,18,22)(H,20,21). The van der Waals surface area contributed by atoms with Gasteiger partial charge in [0.2, 0.25) is 0 Å². The van der Waals surface area contributed by atoms with E-state index in [0.717, 1.165) is 17.9 Å². The minimum Gasteiger partial charge on any atom is -0.481 e. The van der Waals surface area contributed by atoms with Crippen LogP contribution >= 0.6 is 11.3 Å². The van der Waals surface area contributed by atoms with Gasteiger partial charge in [-0.05, 0) is 44.2 Å². The normalized spacial score (nSPS) is 10.7. The number of aliphatic carboxylic acids is 1. The molecule has 2 N–H and O–H groups in total. The molecular formula is C17H22N2O3S. The van der Waals surface area contributed by atoms with Crippen LogP contribution in [0.15, 0.2) is 23.6 Å². The molecule has 1 amide bonds. The van der Waals surface area contributed by atoms with Crippen molar-refractivity contribution in [2.75, 3.05) is 6.54 Å². The zero-order valence-electron chi connectivity index (χ0n) is 13.5. The Labute approximate surface area is 139 Å². The number of hydrogen-bond donors (Lipinski definition) is 2. The molecule has 2 rings (SSSR count). The number of amides is 1. The first-order valence-corrected chi connectivity index (χ1v) is 8.56. The van der Waals surface area contributed by atoms with Gasteiger partial charge in [0.05, 0.1) is 12.1 Å². The zero-order valence-corrected chi connectivity index (χ0v) is 14.3. The predicted octanol–water partition coefficient (Wildman–Crippen LogP) is 3.20. The van der Waals surface area contributed by atoms with Crippen LogP contribution in [0.25, 0.3) is 0 Å². The Balaban J connectivity index is 1.94. The second kappa shape index (κ2) is 7.97. The summed E-state index contributed by atoms with van der Waals surface area (Å²) < 4.78 is 2.14. The molecule has 0 fully saturated rings. The van der Waals surface area contributed by atoms with Crippen molar-refractivity contribution < 1.29 is 14.7 Å². The second-order valence-corrected chi connectivity index (χ2v) is 6.59. The molecule has 2 heterocycles. The van der Waals surface area contributed by atoms with E-state index >= 15 is 0 Å². The summed E-state index contributed by atoms with van der Waals surface area (Å²) in [6.45, 7) is 5.24. The van der Waals surface area contributed by atoms with Crippen LogP contribution in [0.1, 0.15) is 45.9 Å². The highest BCUT2D eigenvalue weighted by molar-refractivity contribution is 7.09. The Bertz CT molecular complexity index is 674. The number of rotatable bonds is 8. The average molecular weight is 334 g/mol. The summed E-state index contributed by atoms with van der Waals surface area (Å²) >= 11 is 1.71. The Hall–Kier alpha value is -2.08. The molecule has 0 aliphatic heterocycles. The van der Waals surface area contributed by atoms with Gasteiger partial charge in [-0.15, -0.1) is 11.3 Å². The molecule has 0 saturated heterocycles. The maximum Gasteiger partial charge on any atom is 0.303 e. The number of nitrogens with one attached hydrogen (secondary N) is 1. The summed E-state index contributed by atoms with van der Waals surface area (Å²) in [6.07, 6.45) is 1.39. The third-order valence-electron chi connectivity index (χ3n) is 3.82. The van der Waals surface area contributed by atoms with E-state index in [1.54, 1.807) is 11.3 Å². The molecule has 2 aromatic heterocycles. The van der Waals surface area contributed by atoms with Gasteiger partial charge < -0.3 is 15.0 Å². The molecule has 124 valence electrons. The molecule has 0 spiro atoms. The largest absolute Gasteiger partial charge is 0.481 e. The molecule has 6 heteroatoms. The maximum atomic E-state index is 12.3.